The number of carboxylic acids is 2. The van der Waals surface area contributed by atoms with E-state index in [9.17, 15) is 68.1 Å². The van der Waals surface area contributed by atoms with Gasteiger partial charge in [0.05, 0.1) is 49.0 Å². The molecule has 0 aliphatic heterocycles. The van der Waals surface area contributed by atoms with E-state index in [1.165, 1.54) is 75.5 Å². The van der Waals surface area contributed by atoms with Crippen molar-refractivity contribution >= 4 is 81.2 Å². The fourth-order valence-electron chi connectivity index (χ4n) is 8.46. The number of hydrogen-bond acceptors (Lipinski definition) is 23. The Labute approximate surface area is 631 Å². The maximum absolute atomic E-state index is 11.0. The molecule has 0 radical (unpaired) electrons. The Morgan fingerprint density at radius 2 is 0.980 bits per heavy atom. The number of aliphatic carboxylic acids is 1. The van der Waals surface area contributed by atoms with E-state index < -0.39 is 70.3 Å². The van der Waals surface area contributed by atoms with Crippen LogP contribution in [0.1, 0.15) is 258 Å². The SMILES string of the molecule is C.C.C.CC(=O)C(N)C1(O)CC1.CC(=O)OC(C)=O.CC(=O)OC1(C(Br)C(C)=O)CC1.CC(=O)OC1(CC(=O)O)CC1.CC(=O)OC1(CC(C)C)CC1.CC(C)CC1(O)CC1.CCOCC.COC(=O)C(N)C1(O)CC1.COC(=O)CC(C)C.O=C(O)c1ccc(C#CC#CC2CC2)cc1.[CH3-].[Pd]. The number of benzene rings is 1. The van der Waals surface area contributed by atoms with Gasteiger partial charge in [-0.1, -0.05) is 91.6 Å². The van der Waals surface area contributed by atoms with E-state index in [2.05, 4.69) is 81.5 Å². The molecule has 0 bridgehead atoms. The smallest absolute Gasteiger partial charge is 0.335 e. The summed E-state index contributed by atoms with van der Waals surface area (Å²) in [5, 5.41) is 44.9. The van der Waals surface area contributed by atoms with E-state index in [0.29, 0.717) is 68.6 Å². The fraction of sp³-hybridized carbons (Fsp3) is 0.707. The molecule has 7 aliphatic rings. The molecule has 3 unspecified atom stereocenters. The number of halogens is 1. The molecule has 1 aromatic carbocycles. The summed E-state index contributed by atoms with van der Waals surface area (Å²) in [4.78, 5) is 115. The van der Waals surface area contributed by atoms with Crippen LogP contribution in [0, 0.1) is 54.8 Å². The van der Waals surface area contributed by atoms with E-state index in [1.54, 1.807) is 24.3 Å². The van der Waals surface area contributed by atoms with Gasteiger partial charge in [0.1, 0.15) is 39.2 Å². The van der Waals surface area contributed by atoms with Gasteiger partial charge in [-0.05, 0) is 184 Å². The molecule has 9 N–H and O–H groups in total. The average molecular weight is 1610 g/mol. The number of hydrogen-bond donors (Lipinski definition) is 7. The van der Waals surface area contributed by atoms with Gasteiger partial charge in [0, 0.05) is 86.2 Å². The van der Waals surface area contributed by atoms with E-state index >= 15 is 0 Å². The van der Waals surface area contributed by atoms with Crippen LogP contribution in [0.2, 0.25) is 0 Å². The zero-order chi connectivity index (χ0) is 75.3. The van der Waals surface area contributed by atoms with Crippen LogP contribution in [0.15, 0.2) is 24.3 Å². The first-order chi connectivity index (χ1) is 44.8. The fourth-order valence-corrected chi connectivity index (χ4v) is 9.01. The number of alkyl halides is 1. The first-order valence-corrected chi connectivity index (χ1v) is 33.6. The standard InChI is InChI=1S/C14H10O2.C9H16O2.C8H11BrO3.C7H10O4.C7H14O.C6H11NO3.C6H11NO2.C6H12O2.C4H6O3.C4H10O.3CH4.CH3.Pd/c15-14(16)13-9-7-12(8-10-13)4-2-1-3-11-5-6-11;1-7(2)6-9(4-5-9)11-8(3)10;1-5(10)7(9)8(3-4-8)12-6(2)11;1-5(8)11-7(2-3-7)4-6(9)10;1-6(2)5-7(8)3-4-7;1-10-5(8)4(7)6(9)2-3-6;1-4(8)5(7)6(9)2-3-6;1-5(2)4-6(7)8-3;1-3(5)7-4(2)6;1-3-5-4-2;;;;;/h7-11H,5-6H2,(H,15,16);7H,4-6H2,1-3H3;7H,3-4H2,1-2H3;2-4H2,1H3,(H,9,10);6,8H,3-5H2,1-2H3;4,9H,2-3,7H2,1H3;5,9H,2-3,7H2,1H3;5H,4H2,1-3H3;1-2H3;3-4H2,1-2H3;3*1H4;1H3;/q;;;;;;;;;;;;;-1;. The Balaban J connectivity index is -0.000000198. The normalized spacial score (nSPS) is 16.8. The van der Waals surface area contributed by atoms with Crippen molar-refractivity contribution in [2.75, 3.05) is 27.4 Å². The Bertz CT molecular complexity index is 2800. The summed E-state index contributed by atoms with van der Waals surface area (Å²) in [7, 11) is 2.67. The minimum atomic E-state index is -0.965. The van der Waals surface area contributed by atoms with Crippen molar-refractivity contribution in [2.45, 2.75) is 292 Å². The number of carbonyl (C=O) groups is 11. The molecule has 3 atom stereocenters. The van der Waals surface area contributed by atoms with Gasteiger partial charge < -0.3 is 77.6 Å². The second kappa shape index (κ2) is 53.7. The third-order valence-corrected chi connectivity index (χ3v) is 15.9. The second-order valence-electron chi connectivity index (χ2n) is 26.2. The van der Waals surface area contributed by atoms with Gasteiger partial charge in [0.25, 0.3) is 0 Å². The Morgan fingerprint density at radius 3 is 1.22 bits per heavy atom. The van der Waals surface area contributed by atoms with E-state index in [0.717, 1.165) is 70.1 Å². The maximum Gasteiger partial charge on any atom is 0.335 e. The van der Waals surface area contributed by atoms with Crippen LogP contribution in [-0.2, 0) is 102 Å². The number of ketones is 2. The maximum atomic E-state index is 11.0. The summed E-state index contributed by atoms with van der Waals surface area (Å²) in [5.74, 6) is 9.12. The van der Waals surface area contributed by atoms with Crippen molar-refractivity contribution in [1.82, 2.24) is 0 Å². The van der Waals surface area contributed by atoms with Gasteiger partial charge >= 0.3 is 53.7 Å². The van der Waals surface area contributed by atoms with Gasteiger partial charge in [0.15, 0.2) is 0 Å². The molecule has 102 heavy (non-hydrogen) atoms. The monoisotopic (exact) mass is 1610 g/mol. The quantitative estimate of drug-likeness (QED) is 0.0121. The third kappa shape index (κ3) is 54.6. The summed E-state index contributed by atoms with van der Waals surface area (Å²) in [5.41, 5.74) is 8.48. The number of esters is 7. The molecule has 8 rings (SSSR count). The zero-order valence-electron chi connectivity index (χ0n) is 61.4. The van der Waals surface area contributed by atoms with Crippen molar-refractivity contribution in [1.29, 1.82) is 0 Å². The molecule has 7 saturated carbocycles. The molecule has 1 aromatic rings. The van der Waals surface area contributed by atoms with Crippen molar-refractivity contribution in [3.8, 4) is 23.7 Å². The van der Waals surface area contributed by atoms with Crippen molar-refractivity contribution in [2.24, 2.45) is 35.1 Å². The minimum absolute atomic E-state index is 0. The number of methoxy groups -OCH3 is 2. The number of Topliss-reactive ketones (excluding diaryl/α,β-unsaturated/α-hetero) is 2. The van der Waals surface area contributed by atoms with Crippen LogP contribution in [-0.4, -0.2) is 169 Å². The molecule has 0 amide bonds. The molecule has 27 heteroatoms. The predicted molar refractivity (Wildman–Crippen MR) is 390 cm³/mol. The first kappa shape index (κ1) is 109. The molecule has 0 spiro atoms. The molecule has 7 fully saturated rings. The van der Waals surface area contributed by atoms with E-state index in [1.807, 2.05) is 27.7 Å². The zero-order valence-corrected chi connectivity index (χ0v) is 64.6. The van der Waals surface area contributed by atoms with Crippen LogP contribution in [0.25, 0.3) is 0 Å². The number of nitrogens with two attached hydrogens (primary N) is 2. The number of carbonyl (C=O) groups excluding carboxylic acids is 9. The number of carboxylic acid groups (broad SMARTS) is 2. The topological polar surface area (TPSA) is 406 Å². The number of ether oxygens (including phenoxy) is 7. The van der Waals surface area contributed by atoms with Gasteiger partial charge in [-0.2, -0.15) is 0 Å². The number of aromatic carboxylic acids is 1. The van der Waals surface area contributed by atoms with Crippen LogP contribution in [0.4, 0.5) is 0 Å². The predicted octanol–water partition coefficient (Wildman–Crippen LogP) is 11.0. The summed E-state index contributed by atoms with van der Waals surface area (Å²) in [6.45, 7) is 27.6. The molecular formula is C75H126BrN2O23Pd-. The van der Waals surface area contributed by atoms with Crippen LogP contribution in [0.5, 0.6) is 0 Å². The van der Waals surface area contributed by atoms with Crippen LogP contribution in [0.3, 0.4) is 0 Å². The third-order valence-electron chi connectivity index (χ3n) is 14.4. The van der Waals surface area contributed by atoms with Crippen molar-refractivity contribution < 1.29 is 132 Å². The first-order valence-electron chi connectivity index (χ1n) is 32.7. The van der Waals surface area contributed by atoms with Gasteiger partial charge in [-0.3, -0.25) is 47.9 Å². The Morgan fingerprint density at radius 1 is 0.559 bits per heavy atom. The molecule has 0 aromatic heterocycles. The van der Waals surface area contributed by atoms with Crippen molar-refractivity contribution in [3.05, 3.63) is 42.8 Å². The largest absolute Gasteiger partial charge is 0.481 e. The van der Waals surface area contributed by atoms with E-state index in [-0.39, 0.29) is 108 Å². The summed E-state index contributed by atoms with van der Waals surface area (Å²) in [6, 6.07) is 4.95. The minimum Gasteiger partial charge on any atom is -0.481 e. The average Bonchev–Trinajstić information content (AvgIpc) is 1.65. The summed E-state index contributed by atoms with van der Waals surface area (Å²) in [6.07, 6.45) is 14.5. The van der Waals surface area contributed by atoms with Gasteiger partial charge in [0.2, 0.25) is 0 Å². The molecule has 0 heterocycles. The Kier molecular flexibility index (Phi) is 57.6. The van der Waals surface area contributed by atoms with E-state index in [4.69, 9.17) is 40.6 Å². The van der Waals surface area contributed by atoms with Gasteiger partial charge in [-0.15, -0.1) is 0 Å². The number of rotatable bonds is 20. The van der Waals surface area contributed by atoms with Crippen LogP contribution < -0.4 is 11.5 Å². The van der Waals surface area contributed by atoms with Gasteiger partial charge in [-0.25, -0.2) is 4.79 Å². The number of aliphatic hydroxyl groups is 3. The molecule has 25 nitrogen and oxygen atoms in total. The molecular weight excluding hydrogens is 1480 g/mol. The molecule has 7 aliphatic carbocycles. The van der Waals surface area contributed by atoms with Crippen molar-refractivity contribution in [3.63, 3.8) is 0 Å². The van der Waals surface area contributed by atoms with Crippen LogP contribution >= 0.6 is 15.9 Å². The summed E-state index contributed by atoms with van der Waals surface area (Å²) >= 11 is 3.23. The molecule has 0 saturated heterocycles. The second-order valence-corrected chi connectivity index (χ2v) is 27.1. The molecule has 592 valence electrons. The summed E-state index contributed by atoms with van der Waals surface area (Å²) < 4.78 is 32.7. The Hall–Kier alpha value is -5.99.